The number of nitrogen functional groups attached to an aromatic ring is 1. The van der Waals surface area contributed by atoms with E-state index in [-0.39, 0.29) is 6.10 Å². The molecule has 19 heavy (non-hydrogen) atoms. The minimum Gasteiger partial charge on any atom is -0.493 e. The Morgan fingerprint density at radius 2 is 2.26 bits per heavy atom. The molecule has 2 N–H and O–H groups in total. The van der Waals surface area contributed by atoms with Gasteiger partial charge in [-0.1, -0.05) is 5.16 Å². The van der Waals surface area contributed by atoms with Gasteiger partial charge in [0.25, 0.3) is 0 Å². The molecule has 5 nitrogen and oxygen atoms in total. The highest BCUT2D eigenvalue weighted by atomic mass is 79.9. The molecule has 0 bridgehead atoms. The van der Waals surface area contributed by atoms with Crippen LogP contribution in [0.3, 0.4) is 0 Å². The molecule has 1 unspecified atom stereocenters. The van der Waals surface area contributed by atoms with E-state index in [1.165, 1.54) is 0 Å². The zero-order chi connectivity index (χ0) is 13.6. The van der Waals surface area contributed by atoms with Gasteiger partial charge in [-0.15, -0.1) is 0 Å². The fourth-order valence-corrected chi connectivity index (χ4v) is 2.91. The molecule has 0 aliphatic carbocycles. The first-order chi connectivity index (χ1) is 9.10. The van der Waals surface area contributed by atoms with E-state index < -0.39 is 0 Å². The van der Waals surface area contributed by atoms with Crippen LogP contribution in [-0.2, 0) is 6.42 Å². The van der Waals surface area contributed by atoms with Crippen LogP contribution in [0.2, 0.25) is 0 Å². The average molecular weight is 325 g/mol. The van der Waals surface area contributed by atoms with Gasteiger partial charge in [0.15, 0.2) is 23.1 Å². The van der Waals surface area contributed by atoms with Gasteiger partial charge < -0.3 is 19.7 Å². The molecule has 1 atom stereocenters. The molecule has 0 saturated carbocycles. The summed E-state index contributed by atoms with van der Waals surface area (Å²) in [6.07, 6.45) is 0.958. The summed E-state index contributed by atoms with van der Waals surface area (Å²) >= 11 is 3.60. The number of hydrogen-bond acceptors (Lipinski definition) is 5. The van der Waals surface area contributed by atoms with Gasteiger partial charge in [-0.05, 0) is 28.9 Å². The lowest BCUT2D eigenvalue weighted by molar-refractivity contribution is 0.243. The largest absolute Gasteiger partial charge is 0.493 e. The number of fused-ring (bicyclic) bond motifs is 1. The van der Waals surface area contributed by atoms with Crippen LogP contribution in [0.25, 0.3) is 11.3 Å². The van der Waals surface area contributed by atoms with Crippen LogP contribution in [0.5, 0.6) is 11.5 Å². The van der Waals surface area contributed by atoms with Crippen molar-refractivity contribution in [1.29, 1.82) is 0 Å². The molecule has 6 heteroatoms. The first-order valence-corrected chi connectivity index (χ1v) is 6.68. The minimum absolute atomic E-state index is 0.134. The van der Waals surface area contributed by atoms with E-state index in [1.807, 2.05) is 13.0 Å². The quantitative estimate of drug-likeness (QED) is 0.919. The van der Waals surface area contributed by atoms with E-state index in [9.17, 15) is 0 Å². The van der Waals surface area contributed by atoms with Crippen molar-refractivity contribution in [3.05, 3.63) is 22.2 Å². The SMILES string of the molecule is COc1cc(-c2cc(N)no2)c(Br)c2c1OC(C)C2. The second-order valence-corrected chi connectivity index (χ2v) is 5.29. The number of methoxy groups -OCH3 is 1. The van der Waals surface area contributed by atoms with Crippen LogP contribution in [-0.4, -0.2) is 18.4 Å². The van der Waals surface area contributed by atoms with Crippen molar-refractivity contribution in [2.24, 2.45) is 0 Å². The summed E-state index contributed by atoms with van der Waals surface area (Å²) in [6, 6.07) is 3.55. The molecule has 0 fully saturated rings. The summed E-state index contributed by atoms with van der Waals surface area (Å²) in [6.45, 7) is 2.03. The third-order valence-corrected chi connectivity index (χ3v) is 4.00. The lowest BCUT2D eigenvalue weighted by Crippen LogP contribution is -2.05. The van der Waals surface area contributed by atoms with Crippen molar-refractivity contribution in [2.75, 3.05) is 12.8 Å². The molecule has 1 aliphatic rings. The smallest absolute Gasteiger partial charge is 0.170 e. The van der Waals surface area contributed by atoms with E-state index in [4.69, 9.17) is 19.7 Å². The zero-order valence-corrected chi connectivity index (χ0v) is 12.2. The second-order valence-electron chi connectivity index (χ2n) is 4.50. The number of benzene rings is 1. The van der Waals surface area contributed by atoms with Crippen molar-refractivity contribution in [3.8, 4) is 22.8 Å². The Hall–Kier alpha value is -1.69. The fourth-order valence-electron chi connectivity index (χ4n) is 2.26. The molecule has 0 radical (unpaired) electrons. The number of nitrogens with two attached hydrogens (primary N) is 1. The summed E-state index contributed by atoms with van der Waals surface area (Å²) in [5.74, 6) is 2.43. The van der Waals surface area contributed by atoms with Crippen molar-refractivity contribution in [1.82, 2.24) is 5.16 Å². The van der Waals surface area contributed by atoms with Gasteiger partial charge in [0, 0.05) is 28.1 Å². The number of ether oxygens (including phenoxy) is 2. The van der Waals surface area contributed by atoms with Crippen LogP contribution in [0.1, 0.15) is 12.5 Å². The first kappa shape index (κ1) is 12.3. The van der Waals surface area contributed by atoms with Crippen molar-refractivity contribution in [2.45, 2.75) is 19.4 Å². The number of rotatable bonds is 2. The Kier molecular flexibility index (Phi) is 2.89. The van der Waals surface area contributed by atoms with Gasteiger partial charge in [-0.2, -0.15) is 0 Å². The highest BCUT2D eigenvalue weighted by molar-refractivity contribution is 9.10. The van der Waals surface area contributed by atoms with Crippen molar-refractivity contribution >= 4 is 21.7 Å². The first-order valence-electron chi connectivity index (χ1n) is 5.88. The molecule has 0 spiro atoms. The van der Waals surface area contributed by atoms with E-state index in [0.29, 0.717) is 17.3 Å². The monoisotopic (exact) mass is 324 g/mol. The van der Waals surface area contributed by atoms with Crippen LogP contribution in [0, 0.1) is 0 Å². The van der Waals surface area contributed by atoms with Gasteiger partial charge in [0.05, 0.1) is 7.11 Å². The summed E-state index contributed by atoms with van der Waals surface area (Å²) in [7, 11) is 1.62. The van der Waals surface area contributed by atoms with Crippen LogP contribution in [0.15, 0.2) is 21.1 Å². The Morgan fingerprint density at radius 3 is 2.89 bits per heavy atom. The summed E-state index contributed by atoms with van der Waals surface area (Å²) < 4.78 is 17.3. The lowest BCUT2D eigenvalue weighted by atomic mass is 10.0. The lowest BCUT2D eigenvalue weighted by Gasteiger charge is -2.11. The minimum atomic E-state index is 0.134. The van der Waals surface area contributed by atoms with Gasteiger partial charge >= 0.3 is 0 Å². The fraction of sp³-hybridized carbons (Fsp3) is 0.308. The number of aromatic nitrogens is 1. The molecular weight excluding hydrogens is 312 g/mol. The normalized spacial score (nSPS) is 17.1. The molecule has 2 aromatic rings. The number of nitrogens with zero attached hydrogens (tertiary/aromatic N) is 1. The van der Waals surface area contributed by atoms with Gasteiger partial charge in [0.2, 0.25) is 0 Å². The van der Waals surface area contributed by atoms with E-state index in [1.54, 1.807) is 13.2 Å². The zero-order valence-electron chi connectivity index (χ0n) is 10.6. The predicted molar refractivity (Wildman–Crippen MR) is 74.4 cm³/mol. The number of anilines is 1. The molecule has 100 valence electrons. The Bertz CT molecular complexity index is 639. The number of hydrogen-bond donors (Lipinski definition) is 1. The second kappa shape index (κ2) is 4.45. The maximum absolute atomic E-state index is 5.78. The van der Waals surface area contributed by atoms with Gasteiger partial charge in [0.1, 0.15) is 6.10 Å². The van der Waals surface area contributed by atoms with E-state index in [2.05, 4.69) is 21.1 Å². The summed E-state index contributed by atoms with van der Waals surface area (Å²) in [5.41, 5.74) is 7.53. The highest BCUT2D eigenvalue weighted by Gasteiger charge is 2.28. The van der Waals surface area contributed by atoms with Gasteiger partial charge in [-0.3, -0.25) is 0 Å². The van der Waals surface area contributed by atoms with E-state index in [0.717, 1.165) is 27.8 Å². The maximum Gasteiger partial charge on any atom is 0.170 e. The highest BCUT2D eigenvalue weighted by Crippen LogP contribution is 2.47. The van der Waals surface area contributed by atoms with Crippen LogP contribution >= 0.6 is 15.9 Å². The molecule has 1 aromatic heterocycles. The van der Waals surface area contributed by atoms with Crippen LogP contribution < -0.4 is 15.2 Å². The predicted octanol–water partition coefficient (Wildman–Crippen LogP) is 3.02. The van der Waals surface area contributed by atoms with Crippen molar-refractivity contribution < 1.29 is 14.0 Å². The standard InChI is InChI=1S/C13H13BrN2O3/c1-6-3-8-12(14)7(9-5-11(15)16-19-9)4-10(17-2)13(8)18-6/h4-6H,3H2,1-2H3,(H2,15,16). The average Bonchev–Trinajstić information content (AvgIpc) is 2.96. The van der Waals surface area contributed by atoms with Crippen LogP contribution in [0.4, 0.5) is 5.82 Å². The third kappa shape index (κ3) is 1.96. The molecular formula is C13H13BrN2O3. The van der Waals surface area contributed by atoms with Crippen molar-refractivity contribution in [3.63, 3.8) is 0 Å². The summed E-state index contributed by atoms with van der Waals surface area (Å²) in [5, 5.41) is 3.71. The Morgan fingerprint density at radius 1 is 1.47 bits per heavy atom. The Labute approximate surface area is 118 Å². The van der Waals surface area contributed by atoms with E-state index >= 15 is 0 Å². The Balaban J connectivity index is 2.20. The topological polar surface area (TPSA) is 70.5 Å². The molecule has 1 aromatic carbocycles. The molecule has 2 heterocycles. The maximum atomic E-state index is 5.78. The summed E-state index contributed by atoms with van der Waals surface area (Å²) in [4.78, 5) is 0. The molecule has 1 aliphatic heterocycles. The molecule has 0 amide bonds. The van der Waals surface area contributed by atoms with Gasteiger partial charge in [-0.25, -0.2) is 0 Å². The third-order valence-electron chi connectivity index (χ3n) is 3.10. The number of halogens is 1. The molecule has 0 saturated heterocycles. The molecule has 3 rings (SSSR count).